The zero-order chi connectivity index (χ0) is 12.2. The number of nitrogens with one attached hydrogen (secondary N) is 1. The van der Waals surface area contributed by atoms with Gasteiger partial charge in [0.15, 0.2) is 9.84 Å². The van der Waals surface area contributed by atoms with Crippen LogP contribution in [0.5, 0.6) is 0 Å². The first-order valence-electron chi connectivity index (χ1n) is 5.89. The summed E-state index contributed by atoms with van der Waals surface area (Å²) in [6.45, 7) is 2.79. The average molecular weight is 249 g/mol. The van der Waals surface area contributed by atoms with Crippen molar-refractivity contribution in [2.24, 2.45) is 0 Å². The van der Waals surface area contributed by atoms with E-state index >= 15 is 0 Å². The van der Waals surface area contributed by atoms with E-state index in [9.17, 15) is 8.42 Å². The maximum atomic E-state index is 11.6. The van der Waals surface area contributed by atoms with E-state index in [0.29, 0.717) is 12.6 Å². The van der Waals surface area contributed by atoms with Gasteiger partial charge in [0.25, 0.3) is 0 Å². The maximum absolute atomic E-state index is 11.6. The number of sulfone groups is 1. The fourth-order valence-corrected chi connectivity index (χ4v) is 3.78. The van der Waals surface area contributed by atoms with Crippen LogP contribution in [0.3, 0.4) is 0 Å². The summed E-state index contributed by atoms with van der Waals surface area (Å²) in [6.07, 6.45) is 5.04. The molecule has 0 spiro atoms. The lowest BCUT2D eigenvalue weighted by Crippen LogP contribution is -2.44. The highest BCUT2D eigenvalue weighted by molar-refractivity contribution is 7.91. The highest BCUT2D eigenvalue weighted by atomic mass is 32.2. The molecule has 1 rings (SSSR count). The lowest BCUT2D eigenvalue weighted by Gasteiger charge is -2.23. The summed E-state index contributed by atoms with van der Waals surface area (Å²) in [5, 5.41) is 3.21. The van der Waals surface area contributed by atoms with E-state index in [1.54, 1.807) is 7.11 Å². The van der Waals surface area contributed by atoms with Crippen LogP contribution in [0.2, 0.25) is 0 Å². The molecule has 0 aromatic rings. The predicted molar refractivity (Wildman–Crippen MR) is 65.4 cm³/mol. The largest absolute Gasteiger partial charge is 0.385 e. The molecular formula is C11H23NO3S. The number of ether oxygens (including phenoxy) is 1. The second-order valence-electron chi connectivity index (χ2n) is 4.75. The minimum atomic E-state index is -2.91. The fraction of sp³-hybridized carbons (Fsp3) is 1.00. The van der Waals surface area contributed by atoms with Crippen LogP contribution in [0.1, 0.15) is 32.6 Å². The van der Waals surface area contributed by atoms with Crippen molar-refractivity contribution < 1.29 is 13.2 Å². The van der Waals surface area contributed by atoms with Gasteiger partial charge in [-0.25, -0.2) is 8.42 Å². The van der Waals surface area contributed by atoms with Crippen LogP contribution in [0.15, 0.2) is 0 Å². The van der Waals surface area contributed by atoms with Gasteiger partial charge in [-0.1, -0.05) is 6.42 Å². The first-order chi connectivity index (χ1) is 7.45. The second kappa shape index (κ2) is 5.98. The van der Waals surface area contributed by atoms with Crippen LogP contribution in [0.4, 0.5) is 0 Å². The monoisotopic (exact) mass is 249 g/mol. The van der Waals surface area contributed by atoms with Crippen LogP contribution < -0.4 is 5.32 Å². The molecular weight excluding hydrogens is 226 g/mol. The van der Waals surface area contributed by atoms with Gasteiger partial charge >= 0.3 is 0 Å². The van der Waals surface area contributed by atoms with E-state index in [2.05, 4.69) is 12.2 Å². The summed E-state index contributed by atoms with van der Waals surface area (Å²) >= 11 is 0. The summed E-state index contributed by atoms with van der Waals surface area (Å²) in [5.41, 5.74) is 0. The van der Waals surface area contributed by atoms with Gasteiger partial charge in [-0.3, -0.25) is 0 Å². The Balaban J connectivity index is 2.47. The number of methoxy groups -OCH3 is 1. The van der Waals surface area contributed by atoms with E-state index < -0.39 is 9.84 Å². The van der Waals surface area contributed by atoms with Gasteiger partial charge in [0.1, 0.15) is 0 Å². The average Bonchev–Trinajstić information content (AvgIpc) is 2.62. The number of hydrogen-bond acceptors (Lipinski definition) is 4. The summed E-state index contributed by atoms with van der Waals surface area (Å²) in [4.78, 5) is 0. The molecule has 0 heterocycles. The third kappa shape index (κ3) is 4.03. The Morgan fingerprint density at radius 2 is 2.12 bits per heavy atom. The minimum Gasteiger partial charge on any atom is -0.385 e. The van der Waals surface area contributed by atoms with Gasteiger partial charge in [-0.05, 0) is 26.2 Å². The molecule has 1 aliphatic rings. The molecule has 5 heteroatoms. The van der Waals surface area contributed by atoms with Gasteiger partial charge in [-0.15, -0.1) is 0 Å². The lowest BCUT2D eigenvalue weighted by atomic mass is 10.2. The molecule has 96 valence electrons. The van der Waals surface area contributed by atoms with E-state index in [1.165, 1.54) is 6.26 Å². The molecule has 0 saturated heterocycles. The van der Waals surface area contributed by atoms with Gasteiger partial charge in [0.2, 0.25) is 0 Å². The van der Waals surface area contributed by atoms with Crippen molar-refractivity contribution >= 4 is 9.84 Å². The van der Waals surface area contributed by atoms with Crippen molar-refractivity contribution in [2.75, 3.05) is 20.0 Å². The van der Waals surface area contributed by atoms with Crippen molar-refractivity contribution in [1.82, 2.24) is 5.32 Å². The van der Waals surface area contributed by atoms with Gasteiger partial charge in [0, 0.05) is 32.1 Å². The summed E-state index contributed by atoms with van der Waals surface area (Å²) in [5.74, 6) is 0. The molecule has 4 nitrogen and oxygen atoms in total. The van der Waals surface area contributed by atoms with Crippen LogP contribution >= 0.6 is 0 Å². The van der Waals surface area contributed by atoms with Gasteiger partial charge in [-0.2, -0.15) is 0 Å². The Bertz CT molecular complexity index is 302. The van der Waals surface area contributed by atoms with E-state index in [4.69, 9.17) is 4.74 Å². The quantitative estimate of drug-likeness (QED) is 0.762. The van der Waals surface area contributed by atoms with Crippen molar-refractivity contribution in [3.63, 3.8) is 0 Å². The zero-order valence-electron chi connectivity index (χ0n) is 10.4. The van der Waals surface area contributed by atoms with Crippen molar-refractivity contribution in [1.29, 1.82) is 0 Å². The molecule has 3 atom stereocenters. The molecule has 1 aliphatic carbocycles. The Morgan fingerprint density at radius 1 is 1.44 bits per heavy atom. The molecule has 0 radical (unpaired) electrons. The Labute approximate surface area is 98.7 Å². The van der Waals surface area contributed by atoms with E-state index in [0.717, 1.165) is 25.7 Å². The summed E-state index contributed by atoms with van der Waals surface area (Å²) in [6, 6.07) is 0.439. The highest BCUT2D eigenvalue weighted by Gasteiger charge is 2.34. The smallest absolute Gasteiger partial charge is 0.151 e. The van der Waals surface area contributed by atoms with Crippen molar-refractivity contribution in [3.05, 3.63) is 0 Å². The normalized spacial score (nSPS) is 28.2. The van der Waals surface area contributed by atoms with Gasteiger partial charge < -0.3 is 10.1 Å². The molecule has 0 aromatic heterocycles. The van der Waals surface area contributed by atoms with Gasteiger partial charge in [0.05, 0.1) is 5.25 Å². The molecule has 0 aromatic carbocycles. The maximum Gasteiger partial charge on any atom is 0.151 e. The topological polar surface area (TPSA) is 55.4 Å². The SMILES string of the molecule is COCCC(C)NC1CCCC1S(C)(=O)=O. The molecule has 0 bridgehead atoms. The van der Waals surface area contributed by atoms with E-state index in [1.807, 2.05) is 0 Å². The standard InChI is InChI=1S/C11H23NO3S/c1-9(7-8-15-2)12-10-5-4-6-11(10)16(3,13)14/h9-12H,4-8H2,1-3H3. The van der Waals surface area contributed by atoms with Crippen molar-refractivity contribution in [2.45, 2.75) is 49.9 Å². The summed E-state index contributed by atoms with van der Waals surface area (Å²) in [7, 11) is -1.23. The third-order valence-corrected chi connectivity index (χ3v) is 4.92. The minimum absolute atomic E-state index is 0.127. The van der Waals surface area contributed by atoms with Crippen molar-refractivity contribution in [3.8, 4) is 0 Å². The molecule has 16 heavy (non-hydrogen) atoms. The molecule has 1 fully saturated rings. The lowest BCUT2D eigenvalue weighted by molar-refractivity contribution is 0.182. The third-order valence-electron chi connectivity index (χ3n) is 3.26. The molecule has 3 unspecified atom stereocenters. The molecule has 0 aliphatic heterocycles. The number of hydrogen-bond donors (Lipinski definition) is 1. The second-order valence-corrected chi connectivity index (χ2v) is 7.02. The zero-order valence-corrected chi connectivity index (χ0v) is 11.2. The predicted octanol–water partition coefficient (Wildman–Crippen LogP) is 0.967. The van der Waals surface area contributed by atoms with Crippen LogP contribution in [0.25, 0.3) is 0 Å². The molecule has 1 saturated carbocycles. The highest BCUT2D eigenvalue weighted by Crippen LogP contribution is 2.25. The molecule has 1 N–H and O–H groups in total. The van der Waals surface area contributed by atoms with Crippen LogP contribution in [0, 0.1) is 0 Å². The summed E-state index contributed by atoms with van der Waals surface area (Å²) < 4.78 is 28.2. The van der Waals surface area contributed by atoms with Crippen LogP contribution in [-0.4, -0.2) is 45.7 Å². The van der Waals surface area contributed by atoms with E-state index in [-0.39, 0.29) is 11.3 Å². The first-order valence-corrected chi connectivity index (χ1v) is 7.84. The number of rotatable bonds is 6. The fourth-order valence-electron chi connectivity index (χ4n) is 2.37. The molecule has 0 amide bonds. The Morgan fingerprint density at radius 3 is 2.69 bits per heavy atom. The first kappa shape index (κ1) is 13.9. The Hall–Kier alpha value is -0.130. The van der Waals surface area contributed by atoms with Crippen LogP contribution in [-0.2, 0) is 14.6 Å². The Kier molecular flexibility index (Phi) is 5.21.